The van der Waals surface area contributed by atoms with Crippen LogP contribution in [0.15, 0.2) is 42.7 Å². The average molecular weight is 273 g/mol. The van der Waals surface area contributed by atoms with Crippen molar-refractivity contribution in [3.63, 3.8) is 0 Å². The van der Waals surface area contributed by atoms with Crippen molar-refractivity contribution in [1.82, 2.24) is 10.3 Å². The summed E-state index contributed by atoms with van der Waals surface area (Å²) in [6.45, 7) is 1.20. The Kier molecular flexibility index (Phi) is 4.62. The Morgan fingerprint density at radius 3 is 2.55 bits per heavy atom. The first-order chi connectivity index (χ1) is 9.69. The molecule has 104 valence electrons. The molecule has 2 aromatic rings. The lowest BCUT2D eigenvalue weighted by molar-refractivity contribution is -0.385. The van der Waals surface area contributed by atoms with Gasteiger partial charge < -0.3 is 10.1 Å². The number of pyridine rings is 1. The number of ether oxygens (including phenoxy) is 1. The fourth-order valence-corrected chi connectivity index (χ4v) is 1.82. The van der Waals surface area contributed by atoms with E-state index >= 15 is 0 Å². The second-order valence-corrected chi connectivity index (χ2v) is 4.26. The number of hydrogen-bond donors (Lipinski definition) is 1. The van der Waals surface area contributed by atoms with Gasteiger partial charge in [0, 0.05) is 31.5 Å². The van der Waals surface area contributed by atoms with E-state index in [0.717, 1.165) is 11.1 Å². The minimum Gasteiger partial charge on any atom is -0.496 e. The Morgan fingerprint density at radius 2 is 1.90 bits per heavy atom. The number of nitro benzene ring substituents is 1. The van der Waals surface area contributed by atoms with Crippen molar-refractivity contribution in [2.45, 2.75) is 13.1 Å². The molecule has 6 nitrogen and oxygen atoms in total. The fraction of sp³-hybridized carbons (Fsp3) is 0.214. The first-order valence-corrected chi connectivity index (χ1v) is 6.11. The molecule has 0 saturated carbocycles. The molecule has 0 saturated heterocycles. The molecule has 2 rings (SSSR count). The number of benzene rings is 1. The van der Waals surface area contributed by atoms with Crippen molar-refractivity contribution in [2.24, 2.45) is 0 Å². The van der Waals surface area contributed by atoms with Crippen LogP contribution in [0, 0.1) is 10.1 Å². The van der Waals surface area contributed by atoms with Crippen LogP contribution in [0.5, 0.6) is 5.75 Å². The van der Waals surface area contributed by atoms with E-state index in [2.05, 4.69) is 10.3 Å². The van der Waals surface area contributed by atoms with E-state index in [0.29, 0.717) is 18.8 Å². The van der Waals surface area contributed by atoms with E-state index < -0.39 is 4.92 Å². The molecule has 0 bridgehead atoms. The Bertz CT molecular complexity index is 587. The molecule has 0 atom stereocenters. The molecule has 1 heterocycles. The van der Waals surface area contributed by atoms with Gasteiger partial charge in [-0.3, -0.25) is 15.1 Å². The van der Waals surface area contributed by atoms with Crippen LogP contribution in [-0.2, 0) is 13.1 Å². The van der Waals surface area contributed by atoms with Crippen LogP contribution in [0.4, 0.5) is 5.69 Å². The Balaban J connectivity index is 2.02. The summed E-state index contributed by atoms with van der Waals surface area (Å²) < 4.78 is 5.07. The lowest BCUT2D eigenvalue weighted by Gasteiger charge is -2.07. The molecule has 6 heteroatoms. The van der Waals surface area contributed by atoms with Gasteiger partial charge in [0.15, 0.2) is 0 Å². The van der Waals surface area contributed by atoms with E-state index in [1.165, 1.54) is 13.2 Å². The smallest absolute Gasteiger partial charge is 0.273 e. The van der Waals surface area contributed by atoms with Gasteiger partial charge in [-0.15, -0.1) is 0 Å². The van der Waals surface area contributed by atoms with Crippen molar-refractivity contribution < 1.29 is 9.66 Å². The highest BCUT2D eigenvalue weighted by Crippen LogP contribution is 2.22. The normalized spacial score (nSPS) is 10.2. The third-order valence-electron chi connectivity index (χ3n) is 2.81. The molecule has 1 aromatic heterocycles. The first kappa shape index (κ1) is 14.0. The van der Waals surface area contributed by atoms with Crippen LogP contribution in [0.1, 0.15) is 11.1 Å². The zero-order valence-electron chi connectivity index (χ0n) is 11.1. The minimum absolute atomic E-state index is 0.0325. The van der Waals surface area contributed by atoms with E-state index in [4.69, 9.17) is 4.74 Å². The van der Waals surface area contributed by atoms with Crippen LogP contribution in [0.2, 0.25) is 0 Å². The van der Waals surface area contributed by atoms with Crippen LogP contribution in [0.25, 0.3) is 0 Å². The van der Waals surface area contributed by atoms with Gasteiger partial charge in [0.1, 0.15) is 5.75 Å². The third kappa shape index (κ3) is 3.76. The van der Waals surface area contributed by atoms with Crippen LogP contribution >= 0.6 is 0 Å². The zero-order chi connectivity index (χ0) is 14.4. The maximum atomic E-state index is 10.8. The first-order valence-electron chi connectivity index (χ1n) is 6.11. The largest absolute Gasteiger partial charge is 0.496 e. The molecule has 0 amide bonds. The van der Waals surface area contributed by atoms with Crippen LogP contribution in [-0.4, -0.2) is 17.0 Å². The van der Waals surface area contributed by atoms with Gasteiger partial charge >= 0.3 is 0 Å². The van der Waals surface area contributed by atoms with Crippen LogP contribution < -0.4 is 10.1 Å². The number of nitro groups is 1. The highest BCUT2D eigenvalue weighted by atomic mass is 16.6. The Morgan fingerprint density at radius 1 is 1.20 bits per heavy atom. The predicted molar refractivity (Wildman–Crippen MR) is 74.4 cm³/mol. The number of nitrogens with zero attached hydrogens (tertiary/aromatic N) is 2. The summed E-state index contributed by atoms with van der Waals surface area (Å²) in [6, 6.07) is 8.57. The Labute approximate surface area is 116 Å². The third-order valence-corrected chi connectivity index (χ3v) is 2.81. The highest BCUT2D eigenvalue weighted by molar-refractivity contribution is 5.42. The molecular weight excluding hydrogens is 258 g/mol. The van der Waals surface area contributed by atoms with Crippen molar-refractivity contribution >= 4 is 5.69 Å². The quantitative estimate of drug-likeness (QED) is 0.645. The molecule has 1 aromatic carbocycles. The van der Waals surface area contributed by atoms with Crippen molar-refractivity contribution in [3.05, 3.63) is 64.0 Å². The number of non-ortho nitro benzene ring substituents is 1. The molecule has 0 aliphatic carbocycles. The Hall–Kier alpha value is -2.47. The molecule has 0 unspecified atom stereocenters. The van der Waals surface area contributed by atoms with Gasteiger partial charge in [-0.2, -0.15) is 0 Å². The summed E-state index contributed by atoms with van der Waals surface area (Å²) in [7, 11) is 1.49. The SMILES string of the molecule is COc1cc(CNCc2ccncc2)cc([N+](=O)[O-])c1. The molecule has 0 aliphatic heterocycles. The highest BCUT2D eigenvalue weighted by Gasteiger charge is 2.09. The summed E-state index contributed by atoms with van der Waals surface area (Å²) in [5.41, 5.74) is 1.95. The topological polar surface area (TPSA) is 77.3 Å². The van der Waals surface area contributed by atoms with Gasteiger partial charge in [-0.1, -0.05) is 0 Å². The summed E-state index contributed by atoms with van der Waals surface area (Å²) in [6.07, 6.45) is 3.46. The monoisotopic (exact) mass is 273 g/mol. The molecule has 0 radical (unpaired) electrons. The zero-order valence-corrected chi connectivity index (χ0v) is 11.1. The maximum Gasteiger partial charge on any atom is 0.273 e. The lowest BCUT2D eigenvalue weighted by atomic mass is 10.2. The maximum absolute atomic E-state index is 10.8. The molecule has 0 aliphatic rings. The summed E-state index contributed by atoms with van der Waals surface area (Å²) in [4.78, 5) is 14.4. The number of rotatable bonds is 6. The standard InChI is InChI=1S/C14H15N3O3/c1-20-14-7-12(6-13(8-14)17(18)19)10-16-9-11-2-4-15-5-3-11/h2-8,16H,9-10H2,1H3. The van der Waals surface area contributed by atoms with Gasteiger partial charge in [-0.05, 0) is 29.3 Å². The minimum atomic E-state index is -0.422. The average Bonchev–Trinajstić information content (AvgIpc) is 2.48. The summed E-state index contributed by atoms with van der Waals surface area (Å²) in [5, 5.41) is 14.1. The molecule has 0 fully saturated rings. The van der Waals surface area contributed by atoms with Crippen molar-refractivity contribution in [2.75, 3.05) is 7.11 Å². The van der Waals surface area contributed by atoms with Gasteiger partial charge in [-0.25, -0.2) is 0 Å². The summed E-state index contributed by atoms with van der Waals surface area (Å²) >= 11 is 0. The van der Waals surface area contributed by atoms with Crippen molar-refractivity contribution in [1.29, 1.82) is 0 Å². The number of nitrogens with one attached hydrogen (secondary N) is 1. The predicted octanol–water partition coefficient (Wildman–Crippen LogP) is 2.29. The molecular formula is C14H15N3O3. The van der Waals surface area contributed by atoms with Gasteiger partial charge in [0.05, 0.1) is 18.1 Å². The number of hydrogen-bond acceptors (Lipinski definition) is 5. The number of aromatic nitrogens is 1. The van der Waals surface area contributed by atoms with Crippen molar-refractivity contribution in [3.8, 4) is 5.75 Å². The van der Waals surface area contributed by atoms with Gasteiger partial charge in [0.2, 0.25) is 0 Å². The van der Waals surface area contributed by atoms with E-state index in [9.17, 15) is 10.1 Å². The molecule has 1 N–H and O–H groups in total. The van der Waals surface area contributed by atoms with E-state index in [-0.39, 0.29) is 5.69 Å². The van der Waals surface area contributed by atoms with Crippen LogP contribution in [0.3, 0.4) is 0 Å². The summed E-state index contributed by atoms with van der Waals surface area (Å²) in [5.74, 6) is 0.486. The molecule has 20 heavy (non-hydrogen) atoms. The second kappa shape index (κ2) is 6.63. The fourth-order valence-electron chi connectivity index (χ4n) is 1.82. The second-order valence-electron chi connectivity index (χ2n) is 4.26. The van der Waals surface area contributed by atoms with Gasteiger partial charge in [0.25, 0.3) is 5.69 Å². The molecule has 0 spiro atoms. The van der Waals surface area contributed by atoms with E-state index in [1.807, 2.05) is 12.1 Å². The lowest BCUT2D eigenvalue weighted by Crippen LogP contribution is -2.12. The van der Waals surface area contributed by atoms with E-state index in [1.54, 1.807) is 24.5 Å². The number of methoxy groups -OCH3 is 1.